The average molecular weight is 299 g/mol. The number of alkyl halides is 3. The molecule has 112 valence electrons. The molecule has 0 aliphatic carbocycles. The summed E-state index contributed by atoms with van der Waals surface area (Å²) in [5, 5.41) is 3.39. The highest BCUT2D eigenvalue weighted by molar-refractivity contribution is 5.63. The van der Waals surface area contributed by atoms with Gasteiger partial charge in [-0.05, 0) is 12.1 Å². The minimum Gasteiger partial charge on any atom is -0.378 e. The molecular weight excluding hydrogens is 287 g/mol. The van der Waals surface area contributed by atoms with Crippen molar-refractivity contribution in [2.45, 2.75) is 6.18 Å². The van der Waals surface area contributed by atoms with Crippen LogP contribution in [0.2, 0.25) is 0 Å². The van der Waals surface area contributed by atoms with Gasteiger partial charge in [-0.3, -0.25) is 0 Å². The quantitative estimate of drug-likeness (QED) is 0.853. The van der Waals surface area contributed by atoms with Crippen molar-refractivity contribution in [1.82, 2.24) is 10.1 Å². The van der Waals surface area contributed by atoms with Crippen LogP contribution in [0.25, 0.3) is 11.4 Å². The Hall–Kier alpha value is -2.09. The summed E-state index contributed by atoms with van der Waals surface area (Å²) in [5.41, 5.74) is 1.38. The molecule has 0 saturated carbocycles. The average Bonchev–Trinajstić information content (AvgIpc) is 2.98. The van der Waals surface area contributed by atoms with Crippen molar-refractivity contribution in [2.24, 2.45) is 0 Å². The zero-order valence-electron chi connectivity index (χ0n) is 10.9. The van der Waals surface area contributed by atoms with E-state index in [4.69, 9.17) is 4.74 Å². The first-order valence-electron chi connectivity index (χ1n) is 6.38. The molecule has 21 heavy (non-hydrogen) atoms. The molecule has 0 radical (unpaired) electrons. The second-order valence-electron chi connectivity index (χ2n) is 4.57. The van der Waals surface area contributed by atoms with Gasteiger partial charge in [0.05, 0.1) is 13.2 Å². The third-order valence-corrected chi connectivity index (χ3v) is 3.15. The lowest BCUT2D eigenvalue weighted by molar-refractivity contribution is -0.159. The number of ether oxygens (including phenoxy) is 1. The predicted molar refractivity (Wildman–Crippen MR) is 67.8 cm³/mol. The van der Waals surface area contributed by atoms with Gasteiger partial charge in [0, 0.05) is 24.3 Å². The number of halogens is 3. The van der Waals surface area contributed by atoms with Gasteiger partial charge >= 0.3 is 12.1 Å². The van der Waals surface area contributed by atoms with Gasteiger partial charge in [0.2, 0.25) is 5.82 Å². The zero-order chi connectivity index (χ0) is 14.9. The number of morpholine rings is 1. The zero-order valence-corrected chi connectivity index (χ0v) is 10.9. The number of hydrogen-bond donors (Lipinski definition) is 0. The lowest BCUT2D eigenvalue weighted by atomic mass is 10.1. The molecule has 1 saturated heterocycles. The first kappa shape index (κ1) is 13.9. The molecule has 2 heterocycles. The Bertz CT molecular complexity index is 621. The van der Waals surface area contributed by atoms with Crippen LogP contribution in [-0.4, -0.2) is 36.4 Å². The van der Waals surface area contributed by atoms with Crippen LogP contribution in [0.5, 0.6) is 0 Å². The van der Waals surface area contributed by atoms with Crippen LogP contribution in [0, 0.1) is 0 Å². The third kappa shape index (κ3) is 2.99. The second kappa shape index (κ2) is 5.36. The molecule has 0 unspecified atom stereocenters. The fourth-order valence-electron chi connectivity index (χ4n) is 2.12. The molecule has 5 nitrogen and oxygen atoms in total. The summed E-state index contributed by atoms with van der Waals surface area (Å²) in [6.07, 6.45) is -4.63. The molecule has 0 atom stereocenters. The minimum absolute atomic E-state index is 0.0718. The minimum atomic E-state index is -4.63. The van der Waals surface area contributed by atoms with Crippen molar-refractivity contribution in [3.8, 4) is 11.4 Å². The Kier molecular flexibility index (Phi) is 3.54. The van der Waals surface area contributed by atoms with E-state index in [0.717, 1.165) is 18.8 Å². The van der Waals surface area contributed by atoms with Crippen LogP contribution in [0.4, 0.5) is 18.9 Å². The Morgan fingerprint density at radius 1 is 1.14 bits per heavy atom. The Morgan fingerprint density at radius 2 is 1.90 bits per heavy atom. The molecular formula is C13H12F3N3O2. The van der Waals surface area contributed by atoms with E-state index in [9.17, 15) is 13.2 Å². The predicted octanol–water partition coefficient (Wildman–Crippen LogP) is 2.59. The van der Waals surface area contributed by atoms with Gasteiger partial charge in [-0.15, -0.1) is 0 Å². The van der Waals surface area contributed by atoms with Crippen molar-refractivity contribution >= 4 is 5.69 Å². The Morgan fingerprint density at radius 3 is 2.57 bits per heavy atom. The SMILES string of the molecule is FC(F)(F)c1nc(-c2cccc(N3CCOCC3)c2)no1. The molecule has 0 amide bonds. The number of benzene rings is 1. The molecule has 3 rings (SSSR count). The van der Waals surface area contributed by atoms with E-state index in [1.54, 1.807) is 18.2 Å². The maximum atomic E-state index is 12.5. The monoisotopic (exact) mass is 299 g/mol. The van der Waals surface area contributed by atoms with Gasteiger partial charge in [-0.2, -0.15) is 18.2 Å². The summed E-state index contributed by atoms with van der Waals surface area (Å²) in [6.45, 7) is 2.74. The van der Waals surface area contributed by atoms with E-state index in [2.05, 4.69) is 19.6 Å². The van der Waals surface area contributed by atoms with E-state index < -0.39 is 12.1 Å². The summed E-state index contributed by atoms with van der Waals surface area (Å²) in [4.78, 5) is 5.49. The van der Waals surface area contributed by atoms with Gasteiger partial charge in [-0.1, -0.05) is 17.3 Å². The molecule has 1 aromatic heterocycles. The van der Waals surface area contributed by atoms with E-state index in [-0.39, 0.29) is 5.82 Å². The molecule has 0 bridgehead atoms. The third-order valence-electron chi connectivity index (χ3n) is 3.15. The van der Waals surface area contributed by atoms with E-state index in [1.165, 1.54) is 0 Å². The largest absolute Gasteiger partial charge is 0.471 e. The fraction of sp³-hybridized carbons (Fsp3) is 0.385. The molecule has 1 fully saturated rings. The van der Waals surface area contributed by atoms with Crippen molar-refractivity contribution in [3.63, 3.8) is 0 Å². The molecule has 2 aromatic rings. The van der Waals surface area contributed by atoms with Crippen LogP contribution in [-0.2, 0) is 10.9 Å². The smallest absolute Gasteiger partial charge is 0.378 e. The lowest BCUT2D eigenvalue weighted by Crippen LogP contribution is -2.36. The number of aromatic nitrogens is 2. The Labute approximate surface area is 118 Å². The van der Waals surface area contributed by atoms with Crippen molar-refractivity contribution in [2.75, 3.05) is 31.2 Å². The topological polar surface area (TPSA) is 51.4 Å². The Balaban J connectivity index is 1.87. The molecule has 8 heteroatoms. The summed E-state index contributed by atoms with van der Waals surface area (Å²) < 4.78 is 46.9. The van der Waals surface area contributed by atoms with Crippen LogP contribution in [0.15, 0.2) is 28.8 Å². The summed E-state index contributed by atoms with van der Waals surface area (Å²) in [5.74, 6) is -1.41. The van der Waals surface area contributed by atoms with Gasteiger partial charge in [0.1, 0.15) is 0 Å². The number of hydrogen-bond acceptors (Lipinski definition) is 5. The van der Waals surface area contributed by atoms with Crippen molar-refractivity contribution in [3.05, 3.63) is 30.2 Å². The first-order valence-corrected chi connectivity index (χ1v) is 6.38. The van der Waals surface area contributed by atoms with E-state index in [1.807, 2.05) is 6.07 Å². The number of rotatable bonds is 2. The van der Waals surface area contributed by atoms with Gasteiger partial charge in [0.15, 0.2) is 0 Å². The summed E-state index contributed by atoms with van der Waals surface area (Å²) >= 11 is 0. The first-order chi connectivity index (χ1) is 10.0. The number of nitrogens with zero attached hydrogens (tertiary/aromatic N) is 3. The number of anilines is 1. The maximum Gasteiger partial charge on any atom is 0.471 e. The summed E-state index contributed by atoms with van der Waals surface area (Å²) in [7, 11) is 0. The van der Waals surface area contributed by atoms with Gasteiger partial charge < -0.3 is 14.2 Å². The highest BCUT2D eigenvalue weighted by Crippen LogP contribution is 2.30. The highest BCUT2D eigenvalue weighted by Gasteiger charge is 2.38. The molecule has 1 aromatic carbocycles. The van der Waals surface area contributed by atoms with Crippen LogP contribution in [0.3, 0.4) is 0 Å². The van der Waals surface area contributed by atoms with E-state index >= 15 is 0 Å². The second-order valence-corrected chi connectivity index (χ2v) is 4.57. The van der Waals surface area contributed by atoms with Crippen LogP contribution < -0.4 is 4.90 Å². The van der Waals surface area contributed by atoms with Gasteiger partial charge in [-0.25, -0.2) is 0 Å². The normalized spacial score (nSPS) is 16.2. The molecule has 1 aliphatic heterocycles. The molecule has 1 aliphatic rings. The van der Waals surface area contributed by atoms with Crippen LogP contribution >= 0.6 is 0 Å². The fourth-order valence-corrected chi connectivity index (χ4v) is 2.12. The van der Waals surface area contributed by atoms with E-state index in [0.29, 0.717) is 18.8 Å². The van der Waals surface area contributed by atoms with Crippen LogP contribution in [0.1, 0.15) is 5.89 Å². The summed E-state index contributed by atoms with van der Waals surface area (Å²) in [6, 6.07) is 7.04. The molecule has 0 spiro atoms. The van der Waals surface area contributed by atoms with Crippen molar-refractivity contribution < 1.29 is 22.4 Å². The van der Waals surface area contributed by atoms with Crippen molar-refractivity contribution in [1.29, 1.82) is 0 Å². The highest BCUT2D eigenvalue weighted by atomic mass is 19.4. The van der Waals surface area contributed by atoms with Gasteiger partial charge in [0.25, 0.3) is 0 Å². The standard InChI is InChI=1S/C13H12F3N3O2/c14-13(15,16)12-17-11(18-21-12)9-2-1-3-10(8-9)19-4-6-20-7-5-19/h1-3,8H,4-7H2. The maximum absolute atomic E-state index is 12.5. The lowest BCUT2D eigenvalue weighted by Gasteiger charge is -2.29. The molecule has 0 N–H and O–H groups in total.